The molecule has 2 heterocycles. The molecule has 3 rings (SSSR count). The van der Waals surface area contributed by atoms with Crippen LogP contribution in [-0.4, -0.2) is 34.9 Å². The van der Waals surface area contributed by atoms with Crippen LogP contribution in [0.5, 0.6) is 0 Å². The Labute approximate surface area is 147 Å². The van der Waals surface area contributed by atoms with Gasteiger partial charge in [0, 0.05) is 12.8 Å². The zero-order valence-electron chi connectivity index (χ0n) is 13.7. The summed E-state index contributed by atoms with van der Waals surface area (Å²) in [6, 6.07) is 8.42. The van der Waals surface area contributed by atoms with Gasteiger partial charge in [0.1, 0.15) is 0 Å². The van der Waals surface area contributed by atoms with Gasteiger partial charge in [0.25, 0.3) is 5.91 Å². The number of rotatable bonds is 4. The lowest BCUT2D eigenvalue weighted by atomic mass is 10.0. The van der Waals surface area contributed by atoms with Gasteiger partial charge in [-0.05, 0) is 23.1 Å². The van der Waals surface area contributed by atoms with Crippen LogP contribution in [0.25, 0.3) is 6.08 Å². The highest BCUT2D eigenvalue weighted by atomic mass is 32.2. The van der Waals surface area contributed by atoms with Gasteiger partial charge in [-0.2, -0.15) is 0 Å². The van der Waals surface area contributed by atoms with Gasteiger partial charge in [-0.25, -0.2) is 4.90 Å². The van der Waals surface area contributed by atoms with Crippen LogP contribution in [0, 0.1) is 0 Å². The van der Waals surface area contributed by atoms with Crippen LogP contribution in [0.15, 0.2) is 29.2 Å². The third-order valence-electron chi connectivity index (χ3n) is 4.47. The Bertz CT molecular complexity index is 631. The van der Waals surface area contributed by atoms with Crippen LogP contribution in [-0.2, 0) is 4.79 Å². The number of quaternary nitrogens is 1. The Kier molecular flexibility index (Phi) is 5.19. The minimum absolute atomic E-state index is 0.0623. The molecule has 0 radical (unpaired) electrons. The maximum Gasteiger partial charge on any atom is 0.270 e. The largest absolute Gasteiger partial charge is 0.317 e. The fraction of sp³-hybridized carbons (Fsp3) is 0.444. The van der Waals surface area contributed by atoms with Crippen LogP contribution in [0.2, 0.25) is 0 Å². The fourth-order valence-electron chi connectivity index (χ4n) is 3.02. The second-order valence-corrected chi connectivity index (χ2v) is 8.22. The molecule has 1 aromatic rings. The van der Waals surface area contributed by atoms with Gasteiger partial charge in [-0.3, -0.25) is 4.79 Å². The van der Waals surface area contributed by atoms with E-state index in [4.69, 9.17) is 12.2 Å². The molecule has 0 spiro atoms. The number of benzene rings is 1. The molecular formula is C18H23N2OS2+. The molecule has 1 N–H and O–H groups in total. The van der Waals surface area contributed by atoms with E-state index in [0.717, 1.165) is 23.6 Å². The van der Waals surface area contributed by atoms with Crippen molar-refractivity contribution in [2.24, 2.45) is 0 Å². The third kappa shape index (κ3) is 3.84. The number of amides is 1. The molecule has 5 heteroatoms. The quantitative estimate of drug-likeness (QED) is 0.669. The Hall–Kier alpha value is -1.17. The summed E-state index contributed by atoms with van der Waals surface area (Å²) in [5.74, 6) is 0.582. The average molecular weight is 348 g/mol. The van der Waals surface area contributed by atoms with Crippen LogP contribution >= 0.6 is 24.0 Å². The molecule has 2 aliphatic rings. The first-order chi connectivity index (χ1) is 11.0. The van der Waals surface area contributed by atoms with Crippen LogP contribution < -0.4 is 4.90 Å². The van der Waals surface area contributed by atoms with Crippen molar-refractivity contribution in [2.45, 2.75) is 32.6 Å². The molecule has 0 saturated carbocycles. The highest BCUT2D eigenvalue weighted by molar-refractivity contribution is 8.26. The normalized spacial score (nSPS) is 21.2. The second-order valence-electron chi connectivity index (χ2n) is 6.55. The number of hydrogen-bond acceptors (Lipinski definition) is 3. The number of hydrogen-bond donors (Lipinski definition) is 1. The molecule has 1 aromatic carbocycles. The van der Waals surface area contributed by atoms with E-state index in [1.807, 2.05) is 6.08 Å². The predicted molar refractivity (Wildman–Crippen MR) is 100 cm³/mol. The minimum atomic E-state index is 0.0623. The number of thioether (sulfide) groups is 1. The first-order valence-corrected chi connectivity index (χ1v) is 9.46. The lowest BCUT2D eigenvalue weighted by Gasteiger charge is -2.19. The molecule has 23 heavy (non-hydrogen) atoms. The predicted octanol–water partition coefficient (Wildman–Crippen LogP) is 2.65. The Morgan fingerprint density at radius 1 is 1.26 bits per heavy atom. The fourth-order valence-corrected chi connectivity index (χ4v) is 4.28. The number of likely N-dealkylation sites (tertiary alicyclic amines) is 1. The number of nitrogens with zero attached hydrogens (tertiary/aromatic N) is 1. The third-order valence-corrected chi connectivity index (χ3v) is 5.84. The highest BCUT2D eigenvalue weighted by Gasteiger charge is 2.35. The van der Waals surface area contributed by atoms with Crippen molar-refractivity contribution in [1.82, 2.24) is 4.90 Å². The summed E-state index contributed by atoms with van der Waals surface area (Å²) in [4.78, 5) is 16.6. The van der Waals surface area contributed by atoms with E-state index in [1.165, 1.54) is 35.1 Å². The van der Waals surface area contributed by atoms with E-state index < -0.39 is 0 Å². The van der Waals surface area contributed by atoms with Crippen LogP contribution in [0.1, 0.15) is 43.7 Å². The van der Waals surface area contributed by atoms with E-state index in [2.05, 4.69) is 38.1 Å². The minimum Gasteiger partial charge on any atom is -0.317 e. The van der Waals surface area contributed by atoms with E-state index in [9.17, 15) is 4.79 Å². The SMILES string of the molecule is CC(C)c1ccc(/C=C2/SC(=S)N(C[NH+]3CCCC3)C2=O)cc1. The lowest BCUT2D eigenvalue weighted by Crippen LogP contribution is -3.11. The molecule has 0 aromatic heterocycles. The maximum atomic E-state index is 12.6. The Morgan fingerprint density at radius 2 is 1.91 bits per heavy atom. The van der Waals surface area contributed by atoms with E-state index in [-0.39, 0.29) is 5.91 Å². The van der Waals surface area contributed by atoms with Crippen molar-refractivity contribution < 1.29 is 9.69 Å². The summed E-state index contributed by atoms with van der Waals surface area (Å²) in [6.45, 7) is 7.37. The van der Waals surface area contributed by atoms with Gasteiger partial charge >= 0.3 is 0 Å². The summed E-state index contributed by atoms with van der Waals surface area (Å²) in [6.07, 6.45) is 4.47. The lowest BCUT2D eigenvalue weighted by molar-refractivity contribution is -0.894. The van der Waals surface area contributed by atoms with Crippen molar-refractivity contribution in [3.8, 4) is 0 Å². The van der Waals surface area contributed by atoms with Crippen molar-refractivity contribution in [1.29, 1.82) is 0 Å². The molecule has 2 fully saturated rings. The molecule has 0 atom stereocenters. The maximum absolute atomic E-state index is 12.6. The van der Waals surface area contributed by atoms with E-state index >= 15 is 0 Å². The molecule has 0 unspecified atom stereocenters. The average Bonchev–Trinajstić information content (AvgIpc) is 3.12. The Balaban J connectivity index is 1.72. The highest BCUT2D eigenvalue weighted by Crippen LogP contribution is 2.32. The summed E-state index contributed by atoms with van der Waals surface area (Å²) in [5.41, 5.74) is 2.37. The van der Waals surface area contributed by atoms with Crippen LogP contribution in [0.4, 0.5) is 0 Å². The molecule has 2 saturated heterocycles. The van der Waals surface area contributed by atoms with Gasteiger partial charge in [-0.15, -0.1) is 0 Å². The number of carbonyl (C=O) groups is 1. The zero-order chi connectivity index (χ0) is 16.4. The first kappa shape index (κ1) is 16.7. The summed E-state index contributed by atoms with van der Waals surface area (Å²) in [5, 5.41) is 0. The summed E-state index contributed by atoms with van der Waals surface area (Å²) < 4.78 is 0.694. The van der Waals surface area contributed by atoms with Crippen molar-refractivity contribution >= 4 is 40.3 Å². The number of nitrogens with one attached hydrogen (secondary N) is 1. The summed E-state index contributed by atoms with van der Waals surface area (Å²) in [7, 11) is 0. The topological polar surface area (TPSA) is 24.8 Å². The zero-order valence-corrected chi connectivity index (χ0v) is 15.3. The molecule has 0 aliphatic carbocycles. The molecule has 0 bridgehead atoms. The number of thiocarbonyl (C=S) groups is 1. The standard InChI is InChI=1S/C18H22N2OS2/c1-13(2)15-7-5-14(6-8-15)11-16-17(21)20(18(22)23-16)12-19-9-3-4-10-19/h5-8,11,13H,3-4,9-10,12H2,1-2H3/p+1/b16-11+. The van der Waals surface area contributed by atoms with E-state index in [0.29, 0.717) is 16.9 Å². The van der Waals surface area contributed by atoms with Crippen LogP contribution in [0.3, 0.4) is 0 Å². The van der Waals surface area contributed by atoms with Gasteiger partial charge in [0.05, 0.1) is 18.0 Å². The van der Waals surface area contributed by atoms with E-state index in [1.54, 1.807) is 4.90 Å². The van der Waals surface area contributed by atoms with Gasteiger partial charge in [0.15, 0.2) is 11.0 Å². The van der Waals surface area contributed by atoms with Crippen molar-refractivity contribution in [2.75, 3.05) is 19.8 Å². The van der Waals surface area contributed by atoms with Gasteiger partial charge in [0.2, 0.25) is 0 Å². The smallest absolute Gasteiger partial charge is 0.270 e. The molecule has 3 nitrogen and oxygen atoms in total. The molecule has 2 aliphatic heterocycles. The molecule has 1 amide bonds. The van der Waals surface area contributed by atoms with Crippen molar-refractivity contribution in [3.63, 3.8) is 0 Å². The summed E-state index contributed by atoms with van der Waals surface area (Å²) >= 11 is 6.84. The van der Waals surface area contributed by atoms with Crippen molar-refractivity contribution in [3.05, 3.63) is 40.3 Å². The van der Waals surface area contributed by atoms with Gasteiger partial charge in [-0.1, -0.05) is 62.1 Å². The molecular weight excluding hydrogens is 324 g/mol. The van der Waals surface area contributed by atoms with Gasteiger partial charge < -0.3 is 4.90 Å². The Morgan fingerprint density at radius 3 is 2.52 bits per heavy atom. The second kappa shape index (κ2) is 7.16. The first-order valence-electron chi connectivity index (χ1n) is 8.23. The monoisotopic (exact) mass is 347 g/mol. The number of carbonyl (C=O) groups excluding carboxylic acids is 1. The molecule has 122 valence electrons.